The van der Waals surface area contributed by atoms with Crippen LogP contribution in [0.5, 0.6) is 0 Å². The predicted molar refractivity (Wildman–Crippen MR) is 49.1 cm³/mol. The Morgan fingerprint density at radius 3 is 2.56 bits per heavy atom. The number of nitrogen functional groups attached to an aromatic ring is 1. The van der Waals surface area contributed by atoms with E-state index in [9.17, 15) is 18.0 Å². The molecule has 9 heteroatoms. The smallest absolute Gasteiger partial charge is 0.384 e. The van der Waals surface area contributed by atoms with Gasteiger partial charge in [-0.25, -0.2) is 9.97 Å². The maximum atomic E-state index is 12.2. The third kappa shape index (κ3) is 3.26. The summed E-state index contributed by atoms with van der Waals surface area (Å²) in [7, 11) is 0. The highest BCUT2D eigenvalue weighted by Gasteiger charge is 2.35. The average Bonchev–Trinajstić information content (AvgIpc) is 2.12. The Hall–Kier alpha value is -2.06. The summed E-state index contributed by atoms with van der Waals surface area (Å²) in [6, 6.07) is 1.07. The van der Waals surface area contributed by atoms with Gasteiger partial charge in [-0.05, 0) is 0 Å². The Labute approximate surface area is 87.9 Å². The number of halogens is 3. The molecule has 88 valence electrons. The summed E-state index contributed by atoms with van der Waals surface area (Å²) in [4.78, 5) is 16.6. The van der Waals surface area contributed by atoms with Gasteiger partial charge in [0.1, 0.15) is 11.6 Å². The van der Waals surface area contributed by atoms with Gasteiger partial charge in [-0.15, -0.1) is 0 Å². The minimum Gasteiger partial charge on any atom is -0.384 e. The number of anilines is 2. The standard InChI is InChI=1S/C7H8F3N5O/c8-7(9,10)6-14-3(11)1-5(15-6)13-2-4(12)16/h1H,2H2,(H2,12,16)(H3,11,13,14,15). The number of nitrogens with one attached hydrogen (secondary N) is 1. The van der Waals surface area contributed by atoms with E-state index in [1.165, 1.54) is 0 Å². The largest absolute Gasteiger partial charge is 0.451 e. The molecular weight excluding hydrogens is 227 g/mol. The Bertz CT molecular complexity index is 405. The van der Waals surface area contributed by atoms with Crippen molar-refractivity contribution in [1.82, 2.24) is 9.97 Å². The summed E-state index contributed by atoms with van der Waals surface area (Å²) in [5.74, 6) is -2.67. The number of aromatic nitrogens is 2. The fourth-order valence-corrected chi connectivity index (χ4v) is 0.861. The first-order chi connectivity index (χ1) is 7.29. The zero-order chi connectivity index (χ0) is 12.3. The number of hydrogen-bond acceptors (Lipinski definition) is 5. The Morgan fingerprint density at radius 2 is 2.06 bits per heavy atom. The van der Waals surface area contributed by atoms with E-state index in [0.29, 0.717) is 0 Å². The number of alkyl halides is 3. The van der Waals surface area contributed by atoms with Crippen molar-refractivity contribution in [2.24, 2.45) is 5.73 Å². The number of amides is 1. The number of carbonyl (C=O) groups is 1. The van der Waals surface area contributed by atoms with Crippen molar-refractivity contribution in [3.63, 3.8) is 0 Å². The van der Waals surface area contributed by atoms with Gasteiger partial charge in [-0.1, -0.05) is 0 Å². The van der Waals surface area contributed by atoms with Gasteiger partial charge in [0.15, 0.2) is 0 Å². The second kappa shape index (κ2) is 4.21. The van der Waals surface area contributed by atoms with Crippen molar-refractivity contribution < 1.29 is 18.0 Å². The van der Waals surface area contributed by atoms with E-state index in [0.717, 1.165) is 6.07 Å². The monoisotopic (exact) mass is 235 g/mol. The highest BCUT2D eigenvalue weighted by molar-refractivity contribution is 5.78. The van der Waals surface area contributed by atoms with Crippen LogP contribution in [0.3, 0.4) is 0 Å². The molecule has 0 aliphatic rings. The Kier molecular flexibility index (Phi) is 3.16. The summed E-state index contributed by atoms with van der Waals surface area (Å²) < 4.78 is 36.7. The number of carbonyl (C=O) groups excluding carboxylic acids is 1. The molecule has 0 fully saturated rings. The van der Waals surface area contributed by atoms with Gasteiger partial charge in [0, 0.05) is 6.07 Å². The molecule has 0 radical (unpaired) electrons. The van der Waals surface area contributed by atoms with Gasteiger partial charge in [0.05, 0.1) is 6.54 Å². The molecular formula is C7H8F3N5O. The summed E-state index contributed by atoms with van der Waals surface area (Å²) in [6.07, 6.45) is -4.70. The lowest BCUT2D eigenvalue weighted by molar-refractivity contribution is -0.144. The maximum absolute atomic E-state index is 12.2. The SMILES string of the molecule is NC(=O)CNc1cc(N)nc(C(F)(F)F)n1. The minimum atomic E-state index is -4.70. The van der Waals surface area contributed by atoms with Crippen molar-refractivity contribution in [3.05, 3.63) is 11.9 Å². The molecule has 0 spiro atoms. The molecule has 1 heterocycles. The van der Waals surface area contributed by atoms with Gasteiger partial charge in [0.2, 0.25) is 11.7 Å². The quantitative estimate of drug-likeness (QED) is 0.682. The van der Waals surface area contributed by atoms with E-state index in [1.54, 1.807) is 0 Å². The molecule has 0 bridgehead atoms. The molecule has 0 aromatic carbocycles. The topological polar surface area (TPSA) is 107 Å². The van der Waals surface area contributed by atoms with E-state index in [4.69, 9.17) is 11.5 Å². The molecule has 1 aromatic heterocycles. The first kappa shape index (κ1) is 12.0. The highest BCUT2D eigenvalue weighted by Crippen LogP contribution is 2.27. The van der Waals surface area contributed by atoms with Gasteiger partial charge in [0.25, 0.3) is 0 Å². The Morgan fingerprint density at radius 1 is 1.44 bits per heavy atom. The van der Waals surface area contributed by atoms with Crippen LogP contribution in [0.15, 0.2) is 6.07 Å². The van der Waals surface area contributed by atoms with Crippen LogP contribution >= 0.6 is 0 Å². The number of hydrogen-bond donors (Lipinski definition) is 3. The molecule has 0 saturated heterocycles. The van der Waals surface area contributed by atoms with Crippen LogP contribution in [0.4, 0.5) is 24.8 Å². The van der Waals surface area contributed by atoms with Gasteiger partial charge >= 0.3 is 6.18 Å². The van der Waals surface area contributed by atoms with Crippen LogP contribution in [0, 0.1) is 0 Å². The zero-order valence-corrected chi connectivity index (χ0v) is 7.88. The molecule has 0 aliphatic carbocycles. The summed E-state index contributed by atoms with van der Waals surface area (Å²) >= 11 is 0. The van der Waals surface area contributed by atoms with Crippen LogP contribution in [0.1, 0.15) is 5.82 Å². The van der Waals surface area contributed by atoms with Crippen molar-refractivity contribution in [3.8, 4) is 0 Å². The van der Waals surface area contributed by atoms with E-state index in [2.05, 4.69) is 15.3 Å². The van der Waals surface area contributed by atoms with Crippen LogP contribution in [0.25, 0.3) is 0 Å². The lowest BCUT2D eigenvalue weighted by Gasteiger charge is -2.08. The van der Waals surface area contributed by atoms with Crippen molar-refractivity contribution in [1.29, 1.82) is 0 Å². The van der Waals surface area contributed by atoms with Crippen molar-refractivity contribution >= 4 is 17.5 Å². The van der Waals surface area contributed by atoms with Gasteiger partial charge in [-0.3, -0.25) is 4.79 Å². The predicted octanol–water partition coefficient (Wildman–Crippen LogP) is -0.0252. The highest BCUT2D eigenvalue weighted by atomic mass is 19.4. The summed E-state index contributed by atoms with van der Waals surface area (Å²) in [5, 5.41) is 2.29. The molecule has 6 nitrogen and oxygen atoms in total. The lowest BCUT2D eigenvalue weighted by atomic mass is 10.4. The molecule has 1 aromatic rings. The Balaban J connectivity index is 2.94. The van der Waals surface area contributed by atoms with E-state index < -0.39 is 17.9 Å². The molecule has 1 rings (SSSR count). The fourth-order valence-electron chi connectivity index (χ4n) is 0.861. The minimum absolute atomic E-state index is 0.210. The normalized spacial score (nSPS) is 11.2. The second-order valence-corrected chi connectivity index (χ2v) is 2.82. The second-order valence-electron chi connectivity index (χ2n) is 2.82. The van der Waals surface area contributed by atoms with Gasteiger partial charge in [-0.2, -0.15) is 13.2 Å². The van der Waals surface area contributed by atoms with E-state index >= 15 is 0 Å². The molecule has 0 unspecified atom stereocenters. The van der Waals surface area contributed by atoms with E-state index in [-0.39, 0.29) is 18.2 Å². The van der Waals surface area contributed by atoms with Crippen LogP contribution in [0.2, 0.25) is 0 Å². The summed E-state index contributed by atoms with van der Waals surface area (Å²) in [6.45, 7) is -0.340. The fraction of sp³-hybridized carbons (Fsp3) is 0.286. The van der Waals surface area contributed by atoms with Crippen molar-refractivity contribution in [2.45, 2.75) is 6.18 Å². The molecule has 0 saturated carbocycles. The third-order valence-electron chi connectivity index (χ3n) is 1.44. The lowest BCUT2D eigenvalue weighted by Crippen LogP contribution is -2.23. The molecule has 5 N–H and O–H groups in total. The van der Waals surface area contributed by atoms with Gasteiger partial charge < -0.3 is 16.8 Å². The first-order valence-corrected chi connectivity index (χ1v) is 4.03. The number of nitrogens with zero attached hydrogens (tertiary/aromatic N) is 2. The van der Waals surface area contributed by atoms with Crippen LogP contribution in [-0.2, 0) is 11.0 Å². The first-order valence-electron chi connectivity index (χ1n) is 4.03. The number of rotatable bonds is 3. The number of primary amides is 1. The molecule has 1 amide bonds. The molecule has 16 heavy (non-hydrogen) atoms. The maximum Gasteiger partial charge on any atom is 0.451 e. The zero-order valence-electron chi connectivity index (χ0n) is 7.88. The molecule has 0 atom stereocenters. The van der Waals surface area contributed by atoms with E-state index in [1.807, 2.05) is 0 Å². The van der Waals surface area contributed by atoms with Crippen LogP contribution in [-0.4, -0.2) is 22.4 Å². The van der Waals surface area contributed by atoms with Crippen molar-refractivity contribution in [2.75, 3.05) is 17.6 Å². The molecule has 0 aliphatic heterocycles. The third-order valence-corrected chi connectivity index (χ3v) is 1.44. The average molecular weight is 235 g/mol. The summed E-state index contributed by atoms with van der Waals surface area (Å²) in [5.41, 5.74) is 9.96. The van der Waals surface area contributed by atoms with Crippen LogP contribution < -0.4 is 16.8 Å². The number of nitrogens with two attached hydrogens (primary N) is 2.